The number of hydrogen-bond donors (Lipinski definition) is 0. The number of ether oxygens (including phenoxy) is 1. The molecule has 1 fully saturated rings. The molecule has 3 heterocycles. The predicted molar refractivity (Wildman–Crippen MR) is 121 cm³/mol. The van der Waals surface area contributed by atoms with Gasteiger partial charge in [-0.2, -0.15) is 0 Å². The SMILES string of the molecule is COc1cccc(-c2nc(C3CCCN(C(=O)c4cccc(F)c4)C3)n3ccccc23)c1. The monoisotopic (exact) mass is 429 g/mol. The van der Waals surface area contributed by atoms with E-state index in [9.17, 15) is 9.18 Å². The second kappa shape index (κ2) is 8.46. The van der Waals surface area contributed by atoms with Crippen LogP contribution in [0.2, 0.25) is 0 Å². The Kier molecular flexibility index (Phi) is 5.35. The number of likely N-dealkylation sites (tertiary alicyclic amines) is 1. The molecular formula is C26H24FN3O2. The average Bonchev–Trinajstić information content (AvgIpc) is 3.23. The minimum atomic E-state index is -0.397. The standard InChI is InChI=1S/C26H24FN3O2/c1-32-22-11-5-7-18(16-22)24-23-12-2-3-14-30(23)25(28-24)20-9-6-13-29(17-20)26(31)19-8-4-10-21(27)15-19/h2-5,7-8,10-12,14-16,20H,6,9,13,17H2,1H3. The Morgan fingerprint density at radius 1 is 1.09 bits per heavy atom. The fourth-order valence-corrected chi connectivity index (χ4v) is 4.51. The fourth-order valence-electron chi connectivity index (χ4n) is 4.51. The molecule has 5 nitrogen and oxygen atoms in total. The summed E-state index contributed by atoms with van der Waals surface area (Å²) in [4.78, 5) is 19.9. The van der Waals surface area contributed by atoms with Crippen LogP contribution in [0.25, 0.3) is 16.8 Å². The smallest absolute Gasteiger partial charge is 0.253 e. The molecule has 2 aromatic carbocycles. The van der Waals surface area contributed by atoms with E-state index >= 15 is 0 Å². The molecule has 0 N–H and O–H groups in total. The molecule has 5 rings (SSSR count). The molecule has 2 aromatic heterocycles. The van der Waals surface area contributed by atoms with Crippen molar-refractivity contribution in [3.63, 3.8) is 0 Å². The first kappa shape index (κ1) is 20.2. The minimum absolute atomic E-state index is 0.0931. The van der Waals surface area contributed by atoms with Crippen molar-refractivity contribution in [1.29, 1.82) is 0 Å². The minimum Gasteiger partial charge on any atom is -0.497 e. The zero-order valence-electron chi connectivity index (χ0n) is 17.9. The number of piperidine rings is 1. The molecule has 1 saturated heterocycles. The molecule has 0 aliphatic carbocycles. The molecule has 0 saturated carbocycles. The lowest BCUT2D eigenvalue weighted by atomic mass is 9.96. The molecule has 1 aliphatic rings. The van der Waals surface area contributed by atoms with E-state index in [1.165, 1.54) is 12.1 Å². The van der Waals surface area contributed by atoms with E-state index in [1.807, 2.05) is 47.5 Å². The molecule has 1 atom stereocenters. The summed E-state index contributed by atoms with van der Waals surface area (Å²) in [5.74, 6) is 1.28. The van der Waals surface area contributed by atoms with Gasteiger partial charge in [-0.25, -0.2) is 9.37 Å². The van der Waals surface area contributed by atoms with Crippen LogP contribution in [-0.2, 0) is 0 Å². The summed E-state index contributed by atoms with van der Waals surface area (Å²) < 4.78 is 21.2. The summed E-state index contributed by atoms with van der Waals surface area (Å²) in [5, 5.41) is 0. The number of halogens is 1. The summed E-state index contributed by atoms with van der Waals surface area (Å²) in [6.45, 7) is 1.22. The molecule has 6 heteroatoms. The van der Waals surface area contributed by atoms with Crippen LogP contribution in [0.4, 0.5) is 4.39 Å². The maximum atomic E-state index is 13.6. The van der Waals surface area contributed by atoms with Crippen LogP contribution in [0.15, 0.2) is 72.9 Å². The molecule has 0 radical (unpaired) electrons. The van der Waals surface area contributed by atoms with Gasteiger partial charge >= 0.3 is 0 Å². The Balaban J connectivity index is 1.50. The Labute approximate surface area is 186 Å². The normalized spacial score (nSPS) is 16.3. The van der Waals surface area contributed by atoms with Gasteiger partial charge in [-0.3, -0.25) is 4.79 Å². The topological polar surface area (TPSA) is 46.8 Å². The first-order valence-corrected chi connectivity index (χ1v) is 10.8. The molecule has 1 amide bonds. The number of fused-ring (bicyclic) bond motifs is 1. The van der Waals surface area contributed by atoms with Crippen LogP contribution in [-0.4, -0.2) is 40.4 Å². The highest BCUT2D eigenvalue weighted by atomic mass is 19.1. The Morgan fingerprint density at radius 3 is 2.81 bits per heavy atom. The Bertz CT molecular complexity index is 1280. The molecule has 0 bridgehead atoms. The van der Waals surface area contributed by atoms with Crippen molar-refractivity contribution in [2.45, 2.75) is 18.8 Å². The number of benzene rings is 2. The summed E-state index contributed by atoms with van der Waals surface area (Å²) in [6, 6.07) is 19.8. The molecule has 1 unspecified atom stereocenters. The number of aromatic nitrogens is 2. The number of carbonyl (C=O) groups is 1. The largest absolute Gasteiger partial charge is 0.497 e. The van der Waals surface area contributed by atoms with E-state index in [0.717, 1.165) is 41.2 Å². The zero-order valence-corrected chi connectivity index (χ0v) is 17.9. The van der Waals surface area contributed by atoms with Gasteiger partial charge < -0.3 is 14.0 Å². The van der Waals surface area contributed by atoms with Crippen LogP contribution in [0, 0.1) is 5.82 Å². The van der Waals surface area contributed by atoms with Crippen LogP contribution >= 0.6 is 0 Å². The van der Waals surface area contributed by atoms with Crippen molar-refractivity contribution >= 4 is 11.4 Å². The van der Waals surface area contributed by atoms with Crippen molar-refractivity contribution in [2.24, 2.45) is 0 Å². The van der Waals surface area contributed by atoms with E-state index in [2.05, 4.69) is 10.5 Å². The molecule has 162 valence electrons. The highest BCUT2D eigenvalue weighted by molar-refractivity contribution is 5.94. The Morgan fingerprint density at radius 2 is 1.97 bits per heavy atom. The molecule has 1 aliphatic heterocycles. The number of hydrogen-bond acceptors (Lipinski definition) is 3. The van der Waals surface area contributed by atoms with Gasteiger partial charge in [0, 0.05) is 36.3 Å². The fraction of sp³-hybridized carbons (Fsp3) is 0.231. The van der Waals surface area contributed by atoms with E-state index < -0.39 is 5.82 Å². The second-order valence-corrected chi connectivity index (χ2v) is 8.11. The van der Waals surface area contributed by atoms with E-state index in [0.29, 0.717) is 18.7 Å². The lowest BCUT2D eigenvalue weighted by Gasteiger charge is -2.32. The van der Waals surface area contributed by atoms with Gasteiger partial charge in [-0.15, -0.1) is 0 Å². The van der Waals surface area contributed by atoms with E-state index in [1.54, 1.807) is 19.2 Å². The van der Waals surface area contributed by atoms with Crippen LogP contribution in [0.5, 0.6) is 5.75 Å². The number of nitrogens with zero attached hydrogens (tertiary/aromatic N) is 3. The highest BCUT2D eigenvalue weighted by Gasteiger charge is 2.29. The van der Waals surface area contributed by atoms with Gasteiger partial charge in [0.15, 0.2) is 0 Å². The zero-order chi connectivity index (χ0) is 22.1. The number of amides is 1. The van der Waals surface area contributed by atoms with Gasteiger partial charge in [0.1, 0.15) is 17.4 Å². The van der Waals surface area contributed by atoms with Gasteiger partial charge in [0.05, 0.1) is 18.3 Å². The van der Waals surface area contributed by atoms with Crippen molar-refractivity contribution < 1.29 is 13.9 Å². The lowest BCUT2D eigenvalue weighted by molar-refractivity contribution is 0.0704. The maximum absolute atomic E-state index is 13.6. The maximum Gasteiger partial charge on any atom is 0.253 e. The molecule has 0 spiro atoms. The van der Waals surface area contributed by atoms with Crippen molar-refractivity contribution in [1.82, 2.24) is 14.3 Å². The summed E-state index contributed by atoms with van der Waals surface area (Å²) in [7, 11) is 1.65. The third-order valence-corrected chi connectivity index (χ3v) is 6.06. The number of rotatable bonds is 4. The lowest BCUT2D eigenvalue weighted by Crippen LogP contribution is -2.39. The van der Waals surface area contributed by atoms with Crippen molar-refractivity contribution in [2.75, 3.05) is 20.2 Å². The summed E-state index contributed by atoms with van der Waals surface area (Å²) in [5.41, 5.74) is 3.29. The summed E-state index contributed by atoms with van der Waals surface area (Å²) >= 11 is 0. The first-order valence-electron chi connectivity index (χ1n) is 10.8. The second-order valence-electron chi connectivity index (χ2n) is 8.11. The van der Waals surface area contributed by atoms with Crippen molar-refractivity contribution in [3.05, 3.63) is 90.1 Å². The van der Waals surface area contributed by atoms with Crippen LogP contribution in [0.3, 0.4) is 0 Å². The van der Waals surface area contributed by atoms with E-state index in [-0.39, 0.29) is 11.8 Å². The van der Waals surface area contributed by atoms with Crippen LogP contribution < -0.4 is 4.74 Å². The average molecular weight is 429 g/mol. The molecular weight excluding hydrogens is 405 g/mol. The van der Waals surface area contributed by atoms with Gasteiger partial charge in [0.25, 0.3) is 5.91 Å². The van der Waals surface area contributed by atoms with Crippen molar-refractivity contribution in [3.8, 4) is 17.0 Å². The van der Waals surface area contributed by atoms with Gasteiger partial charge in [0.2, 0.25) is 0 Å². The third kappa shape index (κ3) is 3.73. The van der Waals surface area contributed by atoms with Crippen LogP contribution in [0.1, 0.15) is 34.9 Å². The number of carbonyl (C=O) groups excluding carboxylic acids is 1. The van der Waals surface area contributed by atoms with E-state index in [4.69, 9.17) is 9.72 Å². The molecule has 4 aromatic rings. The predicted octanol–water partition coefficient (Wildman–Crippen LogP) is 5.17. The van der Waals surface area contributed by atoms with Gasteiger partial charge in [-0.05, 0) is 55.3 Å². The quantitative estimate of drug-likeness (QED) is 0.450. The van der Waals surface area contributed by atoms with Gasteiger partial charge in [-0.1, -0.05) is 24.3 Å². The Hall–Kier alpha value is -3.67. The summed E-state index contributed by atoms with van der Waals surface area (Å²) in [6.07, 6.45) is 3.84. The molecule has 32 heavy (non-hydrogen) atoms. The highest BCUT2D eigenvalue weighted by Crippen LogP contribution is 2.33. The number of imidazole rings is 1. The third-order valence-electron chi connectivity index (χ3n) is 6.06. The number of methoxy groups -OCH3 is 1. The first-order chi connectivity index (χ1) is 15.6. The number of pyridine rings is 1.